The van der Waals surface area contributed by atoms with Crippen LogP contribution in [0.4, 0.5) is 5.69 Å². The minimum Gasteiger partial charge on any atom is -0.380 e. The molecular weight excluding hydrogens is 270 g/mol. The molecule has 0 aliphatic heterocycles. The monoisotopic (exact) mass is 289 g/mol. The summed E-state index contributed by atoms with van der Waals surface area (Å²) in [5.74, 6) is 1.26. The van der Waals surface area contributed by atoms with Crippen molar-refractivity contribution in [3.05, 3.63) is 30.1 Å². The van der Waals surface area contributed by atoms with Crippen LogP contribution in [0.2, 0.25) is 0 Å². The number of aryl methyl sites for hydroxylation is 1. The maximum Gasteiger partial charge on any atom is 0.227 e. The number of H-pyrrole nitrogens is 1. The van der Waals surface area contributed by atoms with Crippen LogP contribution in [-0.4, -0.2) is 40.8 Å². The summed E-state index contributed by atoms with van der Waals surface area (Å²) in [5.41, 5.74) is 7.08. The minimum atomic E-state index is -0.263. The molecule has 7 nitrogen and oxygen atoms in total. The van der Waals surface area contributed by atoms with Crippen molar-refractivity contribution >= 4 is 11.6 Å². The highest BCUT2D eigenvalue weighted by atomic mass is 16.5. The Labute approximate surface area is 122 Å². The molecule has 4 N–H and O–H groups in total. The summed E-state index contributed by atoms with van der Waals surface area (Å²) in [5, 5.41) is 9.68. The van der Waals surface area contributed by atoms with Gasteiger partial charge in [-0.1, -0.05) is 0 Å². The Kier molecular flexibility index (Phi) is 5.02. The van der Waals surface area contributed by atoms with Crippen LogP contribution in [0.3, 0.4) is 0 Å². The zero-order chi connectivity index (χ0) is 15.2. The number of aromatic amines is 1. The van der Waals surface area contributed by atoms with Gasteiger partial charge in [0.05, 0.1) is 12.5 Å². The number of nitrogens with two attached hydrogens (primary N) is 1. The summed E-state index contributed by atoms with van der Waals surface area (Å²) in [6, 6.07) is 7.33. The lowest BCUT2D eigenvalue weighted by Gasteiger charge is -2.12. The van der Waals surface area contributed by atoms with Crippen molar-refractivity contribution in [1.82, 2.24) is 15.2 Å². The molecule has 0 bridgehead atoms. The van der Waals surface area contributed by atoms with Crippen molar-refractivity contribution in [2.45, 2.75) is 19.4 Å². The molecule has 0 saturated heterocycles. The highest BCUT2D eigenvalue weighted by Gasteiger charge is 2.11. The van der Waals surface area contributed by atoms with Crippen LogP contribution in [0, 0.1) is 6.92 Å². The van der Waals surface area contributed by atoms with E-state index in [4.69, 9.17) is 10.5 Å². The molecule has 0 spiro atoms. The van der Waals surface area contributed by atoms with Crippen molar-refractivity contribution in [2.75, 3.05) is 19.0 Å². The van der Waals surface area contributed by atoms with E-state index in [9.17, 15) is 4.79 Å². The fraction of sp³-hybridized carbons (Fsp3) is 0.357. The summed E-state index contributed by atoms with van der Waals surface area (Å²) in [7, 11) is 1.54. The van der Waals surface area contributed by atoms with Crippen molar-refractivity contribution in [1.29, 1.82) is 0 Å². The van der Waals surface area contributed by atoms with Gasteiger partial charge in [-0.3, -0.25) is 9.89 Å². The van der Waals surface area contributed by atoms with E-state index in [-0.39, 0.29) is 18.4 Å². The normalized spacial score (nSPS) is 12.1. The van der Waals surface area contributed by atoms with E-state index in [0.717, 1.165) is 11.4 Å². The molecular formula is C14H19N5O2. The Morgan fingerprint density at radius 3 is 2.67 bits per heavy atom. The zero-order valence-corrected chi connectivity index (χ0v) is 12.1. The summed E-state index contributed by atoms with van der Waals surface area (Å²) >= 11 is 0. The SMILES string of the molecule is COC(CN)CC(=O)Nc1ccc(-c2n[nH]c(C)n2)cc1. The average molecular weight is 289 g/mol. The van der Waals surface area contributed by atoms with Gasteiger partial charge in [0.15, 0.2) is 5.82 Å². The van der Waals surface area contributed by atoms with E-state index < -0.39 is 0 Å². The minimum absolute atomic E-state index is 0.131. The van der Waals surface area contributed by atoms with Gasteiger partial charge in [-0.25, -0.2) is 4.98 Å². The van der Waals surface area contributed by atoms with Crippen LogP contribution in [0.5, 0.6) is 0 Å². The molecule has 0 radical (unpaired) electrons. The molecule has 1 heterocycles. The van der Waals surface area contributed by atoms with Crippen molar-refractivity contribution in [3.63, 3.8) is 0 Å². The molecule has 0 aliphatic rings. The van der Waals surface area contributed by atoms with Crippen LogP contribution < -0.4 is 11.1 Å². The molecule has 1 atom stereocenters. The zero-order valence-electron chi connectivity index (χ0n) is 12.1. The number of nitrogens with zero attached hydrogens (tertiary/aromatic N) is 2. The maximum atomic E-state index is 11.8. The number of carbonyl (C=O) groups excluding carboxylic acids is 1. The summed E-state index contributed by atoms with van der Waals surface area (Å²) in [6.45, 7) is 2.15. The number of rotatable bonds is 6. The van der Waals surface area contributed by atoms with E-state index >= 15 is 0 Å². The van der Waals surface area contributed by atoms with Crippen LogP contribution in [0.15, 0.2) is 24.3 Å². The first kappa shape index (κ1) is 15.1. The number of hydrogen-bond donors (Lipinski definition) is 3. The van der Waals surface area contributed by atoms with Gasteiger partial charge in [0.25, 0.3) is 0 Å². The molecule has 7 heteroatoms. The van der Waals surface area contributed by atoms with Crippen LogP contribution >= 0.6 is 0 Å². The second kappa shape index (κ2) is 6.96. The Morgan fingerprint density at radius 1 is 1.43 bits per heavy atom. The van der Waals surface area contributed by atoms with Crippen molar-refractivity contribution in [2.24, 2.45) is 5.73 Å². The number of anilines is 1. The maximum absolute atomic E-state index is 11.8. The third kappa shape index (κ3) is 4.11. The van der Waals surface area contributed by atoms with Gasteiger partial charge < -0.3 is 15.8 Å². The van der Waals surface area contributed by atoms with Crippen LogP contribution in [0.1, 0.15) is 12.2 Å². The Balaban J connectivity index is 1.98. The Morgan fingerprint density at radius 2 is 2.14 bits per heavy atom. The van der Waals surface area contributed by atoms with E-state index in [1.54, 1.807) is 7.11 Å². The van der Waals surface area contributed by atoms with Gasteiger partial charge in [-0.2, -0.15) is 5.10 Å². The molecule has 21 heavy (non-hydrogen) atoms. The third-order valence-electron chi connectivity index (χ3n) is 3.03. The fourth-order valence-corrected chi connectivity index (χ4v) is 1.86. The van der Waals surface area contributed by atoms with Crippen LogP contribution in [-0.2, 0) is 9.53 Å². The van der Waals surface area contributed by atoms with Gasteiger partial charge in [0.2, 0.25) is 5.91 Å². The lowest BCUT2D eigenvalue weighted by Crippen LogP contribution is -2.28. The average Bonchev–Trinajstić information content (AvgIpc) is 2.92. The van der Waals surface area contributed by atoms with Gasteiger partial charge >= 0.3 is 0 Å². The smallest absolute Gasteiger partial charge is 0.227 e. The number of carbonyl (C=O) groups is 1. The van der Waals surface area contributed by atoms with E-state index in [1.807, 2.05) is 31.2 Å². The molecule has 0 saturated carbocycles. The largest absolute Gasteiger partial charge is 0.380 e. The fourth-order valence-electron chi connectivity index (χ4n) is 1.86. The summed E-state index contributed by atoms with van der Waals surface area (Å²) in [6.07, 6.45) is -0.0324. The Hall–Kier alpha value is -2.25. The molecule has 0 fully saturated rings. The van der Waals surface area contributed by atoms with Crippen LogP contribution in [0.25, 0.3) is 11.4 Å². The molecule has 1 aromatic heterocycles. The predicted molar refractivity (Wildman–Crippen MR) is 79.7 cm³/mol. The molecule has 1 unspecified atom stereocenters. The number of nitrogens with one attached hydrogen (secondary N) is 2. The van der Waals surface area contributed by atoms with E-state index in [2.05, 4.69) is 20.5 Å². The first-order valence-corrected chi connectivity index (χ1v) is 6.64. The van der Waals surface area contributed by atoms with Gasteiger partial charge in [0, 0.05) is 24.9 Å². The first-order chi connectivity index (χ1) is 10.1. The Bertz CT molecular complexity index is 590. The molecule has 2 rings (SSSR count). The molecule has 0 aliphatic carbocycles. The van der Waals surface area contributed by atoms with Gasteiger partial charge in [0.1, 0.15) is 5.82 Å². The summed E-state index contributed by atoms with van der Waals surface area (Å²) in [4.78, 5) is 16.1. The van der Waals surface area contributed by atoms with E-state index in [0.29, 0.717) is 18.1 Å². The van der Waals surface area contributed by atoms with E-state index in [1.165, 1.54) is 0 Å². The highest BCUT2D eigenvalue weighted by Crippen LogP contribution is 2.18. The van der Waals surface area contributed by atoms with Crippen molar-refractivity contribution in [3.8, 4) is 11.4 Å². The number of methoxy groups -OCH3 is 1. The molecule has 1 amide bonds. The number of hydrogen-bond acceptors (Lipinski definition) is 5. The molecule has 112 valence electrons. The standard InChI is InChI=1S/C14H19N5O2/c1-9-16-14(19-18-9)10-3-5-11(6-4-10)17-13(20)7-12(8-15)21-2/h3-6,12H,7-8,15H2,1-2H3,(H,17,20)(H,16,18,19). The van der Waals surface area contributed by atoms with Gasteiger partial charge in [-0.05, 0) is 31.2 Å². The lowest BCUT2D eigenvalue weighted by molar-refractivity contribution is -0.118. The summed E-state index contributed by atoms with van der Waals surface area (Å²) < 4.78 is 5.08. The number of aromatic nitrogens is 3. The highest BCUT2D eigenvalue weighted by molar-refractivity contribution is 5.91. The quantitative estimate of drug-likeness (QED) is 0.738. The number of benzene rings is 1. The number of ether oxygens (including phenoxy) is 1. The topological polar surface area (TPSA) is 106 Å². The van der Waals surface area contributed by atoms with Crippen molar-refractivity contribution < 1.29 is 9.53 Å². The first-order valence-electron chi connectivity index (χ1n) is 6.64. The van der Waals surface area contributed by atoms with Gasteiger partial charge in [-0.15, -0.1) is 0 Å². The second-order valence-corrected chi connectivity index (χ2v) is 4.67. The third-order valence-corrected chi connectivity index (χ3v) is 3.03. The molecule has 1 aromatic carbocycles. The predicted octanol–water partition coefficient (Wildman–Crippen LogP) is 1.08. The lowest BCUT2D eigenvalue weighted by atomic mass is 10.2. The second-order valence-electron chi connectivity index (χ2n) is 4.67. The number of amides is 1. The molecule has 2 aromatic rings.